The van der Waals surface area contributed by atoms with Crippen molar-refractivity contribution >= 4 is 11.5 Å². The van der Waals surface area contributed by atoms with Crippen molar-refractivity contribution in [2.45, 2.75) is 13.1 Å². The van der Waals surface area contributed by atoms with Crippen molar-refractivity contribution in [2.75, 3.05) is 30.4 Å². The summed E-state index contributed by atoms with van der Waals surface area (Å²) in [6.45, 7) is 1.04. The summed E-state index contributed by atoms with van der Waals surface area (Å²) >= 11 is 0. The van der Waals surface area contributed by atoms with Crippen LogP contribution >= 0.6 is 0 Å². The van der Waals surface area contributed by atoms with Crippen molar-refractivity contribution in [1.29, 1.82) is 0 Å². The van der Waals surface area contributed by atoms with E-state index in [0.717, 1.165) is 0 Å². The van der Waals surface area contributed by atoms with Gasteiger partial charge < -0.3 is 10.2 Å². The first-order valence-corrected chi connectivity index (χ1v) is 4.91. The summed E-state index contributed by atoms with van der Waals surface area (Å²) in [5.74, 6) is 0.554. The third kappa shape index (κ3) is 3.60. The number of hydrogen-bond acceptors (Lipinski definition) is 3. The van der Waals surface area contributed by atoms with Gasteiger partial charge in [-0.05, 0) is 13.0 Å². The van der Waals surface area contributed by atoms with E-state index < -0.39 is 12.7 Å². The van der Waals surface area contributed by atoms with Crippen molar-refractivity contribution in [3.05, 3.63) is 18.3 Å². The number of pyridine rings is 1. The number of anilines is 2. The van der Waals surface area contributed by atoms with Crippen LogP contribution in [-0.2, 0) is 0 Å². The van der Waals surface area contributed by atoms with E-state index in [1.165, 1.54) is 11.1 Å². The van der Waals surface area contributed by atoms with Gasteiger partial charge in [0, 0.05) is 31.5 Å². The lowest BCUT2D eigenvalue weighted by Gasteiger charge is -2.24. The van der Waals surface area contributed by atoms with Crippen LogP contribution in [0.15, 0.2) is 18.3 Å². The SMILES string of the molecule is CCN(CC(F)(F)F)c1ccnc(NC)c1. The molecule has 0 unspecified atom stereocenters. The summed E-state index contributed by atoms with van der Waals surface area (Å²) in [4.78, 5) is 5.20. The molecule has 0 atom stereocenters. The summed E-state index contributed by atoms with van der Waals surface area (Å²) in [5.41, 5.74) is 0.513. The Morgan fingerprint density at radius 1 is 1.44 bits per heavy atom. The Hall–Kier alpha value is -1.46. The molecule has 1 N–H and O–H groups in total. The third-order valence-electron chi connectivity index (χ3n) is 2.12. The van der Waals surface area contributed by atoms with Gasteiger partial charge in [-0.25, -0.2) is 4.98 Å². The Kier molecular flexibility index (Phi) is 3.98. The van der Waals surface area contributed by atoms with Crippen LogP contribution < -0.4 is 10.2 Å². The predicted octanol–water partition coefficient (Wildman–Crippen LogP) is 2.51. The number of halogens is 3. The largest absolute Gasteiger partial charge is 0.405 e. The molecule has 0 spiro atoms. The molecule has 0 fully saturated rings. The maximum Gasteiger partial charge on any atom is 0.405 e. The molecule has 90 valence electrons. The van der Waals surface area contributed by atoms with Crippen LogP contribution in [0.25, 0.3) is 0 Å². The number of rotatable bonds is 4. The van der Waals surface area contributed by atoms with E-state index in [2.05, 4.69) is 10.3 Å². The van der Waals surface area contributed by atoms with E-state index in [1.807, 2.05) is 0 Å². The molecule has 0 saturated heterocycles. The zero-order valence-electron chi connectivity index (χ0n) is 9.17. The fraction of sp³-hybridized carbons (Fsp3) is 0.500. The van der Waals surface area contributed by atoms with E-state index >= 15 is 0 Å². The Bertz CT molecular complexity index is 338. The van der Waals surface area contributed by atoms with Gasteiger partial charge in [-0.3, -0.25) is 0 Å². The quantitative estimate of drug-likeness (QED) is 0.866. The van der Waals surface area contributed by atoms with Crippen molar-refractivity contribution in [1.82, 2.24) is 4.98 Å². The molecule has 1 aromatic heterocycles. The van der Waals surface area contributed by atoms with Crippen molar-refractivity contribution in [3.8, 4) is 0 Å². The van der Waals surface area contributed by atoms with E-state index in [1.54, 1.807) is 26.1 Å². The first-order valence-electron chi connectivity index (χ1n) is 4.91. The molecule has 16 heavy (non-hydrogen) atoms. The van der Waals surface area contributed by atoms with Crippen LogP contribution in [0.4, 0.5) is 24.7 Å². The molecular weight excluding hydrogens is 219 g/mol. The van der Waals surface area contributed by atoms with Gasteiger partial charge in [-0.2, -0.15) is 13.2 Å². The molecule has 1 aromatic rings. The summed E-state index contributed by atoms with van der Waals surface area (Å²) in [5, 5.41) is 2.79. The van der Waals surface area contributed by atoms with E-state index in [4.69, 9.17) is 0 Å². The number of alkyl halides is 3. The molecule has 3 nitrogen and oxygen atoms in total. The van der Waals surface area contributed by atoms with Gasteiger partial charge in [-0.1, -0.05) is 0 Å². The molecule has 6 heteroatoms. The molecular formula is C10H14F3N3. The zero-order chi connectivity index (χ0) is 12.2. The number of hydrogen-bond donors (Lipinski definition) is 1. The van der Waals surface area contributed by atoms with Gasteiger partial charge in [-0.15, -0.1) is 0 Å². The van der Waals surface area contributed by atoms with Gasteiger partial charge in [0.25, 0.3) is 0 Å². The molecule has 0 aromatic carbocycles. The maximum absolute atomic E-state index is 12.3. The second-order valence-corrected chi connectivity index (χ2v) is 3.28. The molecule has 0 saturated carbocycles. The van der Waals surface area contributed by atoms with Crippen LogP contribution in [-0.4, -0.2) is 31.3 Å². The maximum atomic E-state index is 12.3. The van der Waals surface area contributed by atoms with E-state index in [-0.39, 0.29) is 0 Å². The van der Waals surface area contributed by atoms with Gasteiger partial charge in [0.05, 0.1) is 0 Å². The van der Waals surface area contributed by atoms with Crippen LogP contribution in [0.5, 0.6) is 0 Å². The van der Waals surface area contributed by atoms with Crippen LogP contribution in [0.1, 0.15) is 6.92 Å². The lowest BCUT2D eigenvalue weighted by molar-refractivity contribution is -0.119. The van der Waals surface area contributed by atoms with Gasteiger partial charge in [0.1, 0.15) is 12.4 Å². The zero-order valence-corrected chi connectivity index (χ0v) is 9.17. The first kappa shape index (κ1) is 12.6. The molecule has 0 aliphatic carbocycles. The molecule has 1 heterocycles. The highest BCUT2D eigenvalue weighted by Gasteiger charge is 2.30. The molecule has 0 aliphatic rings. The van der Waals surface area contributed by atoms with Crippen LogP contribution in [0.3, 0.4) is 0 Å². The fourth-order valence-electron chi connectivity index (χ4n) is 1.35. The Balaban J connectivity index is 2.86. The first-order chi connectivity index (χ1) is 7.46. The average molecular weight is 233 g/mol. The average Bonchev–Trinajstić information content (AvgIpc) is 2.25. The highest BCUT2D eigenvalue weighted by Crippen LogP contribution is 2.22. The van der Waals surface area contributed by atoms with Gasteiger partial charge in [0.2, 0.25) is 0 Å². The molecule has 0 amide bonds. The minimum atomic E-state index is -4.20. The summed E-state index contributed by atoms with van der Waals surface area (Å²) in [6, 6.07) is 3.16. The monoisotopic (exact) mass is 233 g/mol. The molecule has 0 aliphatic heterocycles. The van der Waals surface area contributed by atoms with Gasteiger partial charge >= 0.3 is 6.18 Å². The van der Waals surface area contributed by atoms with Crippen LogP contribution in [0, 0.1) is 0 Å². The number of aromatic nitrogens is 1. The Labute approximate surface area is 92.3 Å². The lowest BCUT2D eigenvalue weighted by Crippen LogP contribution is -2.34. The lowest BCUT2D eigenvalue weighted by atomic mass is 10.3. The highest BCUT2D eigenvalue weighted by atomic mass is 19.4. The summed E-state index contributed by atoms with van der Waals surface area (Å²) in [7, 11) is 1.67. The van der Waals surface area contributed by atoms with E-state index in [0.29, 0.717) is 18.1 Å². The number of nitrogens with one attached hydrogen (secondary N) is 1. The summed E-state index contributed by atoms with van der Waals surface area (Å²) < 4.78 is 36.9. The van der Waals surface area contributed by atoms with Crippen molar-refractivity contribution < 1.29 is 13.2 Å². The molecule has 0 radical (unpaired) electrons. The molecule has 1 rings (SSSR count). The number of nitrogens with zero attached hydrogens (tertiary/aromatic N) is 2. The van der Waals surface area contributed by atoms with E-state index in [9.17, 15) is 13.2 Å². The van der Waals surface area contributed by atoms with Crippen molar-refractivity contribution in [2.24, 2.45) is 0 Å². The Morgan fingerprint density at radius 2 is 2.12 bits per heavy atom. The fourth-order valence-corrected chi connectivity index (χ4v) is 1.35. The second-order valence-electron chi connectivity index (χ2n) is 3.28. The third-order valence-corrected chi connectivity index (χ3v) is 2.12. The second kappa shape index (κ2) is 5.05. The van der Waals surface area contributed by atoms with Crippen LogP contribution in [0.2, 0.25) is 0 Å². The Morgan fingerprint density at radius 3 is 2.62 bits per heavy atom. The van der Waals surface area contributed by atoms with Crippen molar-refractivity contribution in [3.63, 3.8) is 0 Å². The smallest absolute Gasteiger partial charge is 0.373 e. The minimum Gasteiger partial charge on any atom is -0.373 e. The van der Waals surface area contributed by atoms with Gasteiger partial charge in [0.15, 0.2) is 0 Å². The topological polar surface area (TPSA) is 28.2 Å². The molecule has 0 bridgehead atoms. The minimum absolute atomic E-state index is 0.298. The summed E-state index contributed by atoms with van der Waals surface area (Å²) in [6.07, 6.45) is -2.71. The predicted molar refractivity (Wildman–Crippen MR) is 57.7 cm³/mol. The standard InChI is InChI=1S/C10H14F3N3/c1-3-16(7-10(11,12)13)8-4-5-15-9(6-8)14-2/h4-6H,3,7H2,1-2H3,(H,14,15). The highest BCUT2D eigenvalue weighted by molar-refractivity contribution is 5.53. The normalized spacial score (nSPS) is 11.3.